The van der Waals surface area contributed by atoms with E-state index < -0.39 is 29.0 Å². The van der Waals surface area contributed by atoms with Crippen LogP contribution in [0.2, 0.25) is 0 Å². The minimum absolute atomic E-state index is 0.177. The molecule has 0 spiro atoms. The Morgan fingerprint density at radius 2 is 1.81 bits per heavy atom. The maximum absolute atomic E-state index is 13.4. The summed E-state index contributed by atoms with van der Waals surface area (Å²) in [5, 5.41) is 2.21. The van der Waals surface area contributed by atoms with Gasteiger partial charge in [0, 0.05) is 11.1 Å². The predicted octanol–water partition coefficient (Wildman–Crippen LogP) is 2.28. The van der Waals surface area contributed by atoms with E-state index >= 15 is 0 Å². The topological polar surface area (TPSA) is 102 Å². The number of rotatable bonds is 7. The zero-order valence-electron chi connectivity index (χ0n) is 16.4. The highest BCUT2D eigenvalue weighted by Gasteiger charge is 2.63. The third-order valence-corrected chi connectivity index (χ3v) is 7.36. The third kappa shape index (κ3) is 3.77. The van der Waals surface area contributed by atoms with Crippen LogP contribution in [0.5, 0.6) is 0 Å². The smallest absolute Gasteiger partial charge is 0.356 e. The molecule has 2 atom stereocenters. The number of ether oxygens (including phenoxy) is 1. The lowest BCUT2D eigenvalue weighted by Crippen LogP contribution is -2.83. The summed E-state index contributed by atoms with van der Waals surface area (Å²) < 4.78 is 5.97. The molecular formula is C22H20BrN3O4S. The molecule has 9 heteroatoms. The van der Waals surface area contributed by atoms with Crippen LogP contribution in [-0.4, -0.2) is 45.3 Å². The number of benzene rings is 2. The summed E-state index contributed by atoms with van der Waals surface area (Å²) in [6.45, 7) is 0. The molecule has 2 aliphatic rings. The highest BCUT2D eigenvalue weighted by molar-refractivity contribution is 9.09. The fourth-order valence-corrected chi connectivity index (χ4v) is 5.82. The van der Waals surface area contributed by atoms with E-state index in [4.69, 9.17) is 10.5 Å². The van der Waals surface area contributed by atoms with Crippen LogP contribution in [0.4, 0.5) is 0 Å². The lowest BCUT2D eigenvalue weighted by atomic mass is 9.96. The molecule has 2 amide bonds. The number of thioether (sulfide) groups is 1. The first-order valence-corrected chi connectivity index (χ1v) is 11.7. The molecule has 0 radical (unpaired) electrons. The van der Waals surface area contributed by atoms with Crippen molar-refractivity contribution in [1.29, 1.82) is 0 Å². The molecule has 2 aliphatic heterocycles. The Kier molecular flexibility index (Phi) is 6.17. The predicted molar refractivity (Wildman–Crippen MR) is 121 cm³/mol. The SMILES string of the molecule is N[C@@]1(NC=O)C(=O)N2C(C(=O)OC(c3ccccc3)c3ccccc3)=C(CBr)CS[C@@H]21. The maximum atomic E-state index is 13.4. The first kappa shape index (κ1) is 21.6. The molecule has 2 aromatic carbocycles. The fourth-order valence-electron chi connectivity index (χ4n) is 3.71. The standard InChI is InChI=1S/C22H20BrN3O4S/c23-11-16-12-31-21-22(24,25-13-27)20(29)26(21)17(16)19(28)30-18(14-7-3-1-4-8-14)15-9-5-2-6-10-15/h1-10,13,18,21H,11-12,24H2,(H,25,27)/t21-,22-/m1/s1. The van der Waals surface area contributed by atoms with Crippen molar-refractivity contribution < 1.29 is 19.1 Å². The van der Waals surface area contributed by atoms with E-state index in [-0.39, 0.29) is 5.70 Å². The molecule has 7 nitrogen and oxygen atoms in total. The highest BCUT2D eigenvalue weighted by atomic mass is 79.9. The second-order valence-corrected chi connectivity index (χ2v) is 8.79. The maximum Gasteiger partial charge on any atom is 0.356 e. The summed E-state index contributed by atoms with van der Waals surface area (Å²) >= 11 is 4.80. The second-order valence-electron chi connectivity index (χ2n) is 7.16. The molecule has 3 N–H and O–H groups in total. The number of nitrogens with zero attached hydrogens (tertiary/aromatic N) is 1. The van der Waals surface area contributed by atoms with E-state index in [9.17, 15) is 14.4 Å². The van der Waals surface area contributed by atoms with E-state index in [1.165, 1.54) is 16.7 Å². The van der Waals surface area contributed by atoms with Gasteiger partial charge in [-0.15, -0.1) is 11.8 Å². The molecule has 31 heavy (non-hydrogen) atoms. The van der Waals surface area contributed by atoms with Gasteiger partial charge in [0.2, 0.25) is 12.1 Å². The Bertz CT molecular complexity index is 994. The summed E-state index contributed by atoms with van der Waals surface area (Å²) in [5.41, 5.74) is 7.11. The number of fused-ring (bicyclic) bond motifs is 1. The van der Waals surface area contributed by atoms with Crippen LogP contribution in [0.15, 0.2) is 71.9 Å². The number of hydrogen-bond donors (Lipinski definition) is 2. The first-order valence-electron chi connectivity index (χ1n) is 9.55. The van der Waals surface area contributed by atoms with Gasteiger partial charge in [-0.05, 0) is 16.7 Å². The normalized spacial score (nSPS) is 22.6. The van der Waals surface area contributed by atoms with Crippen molar-refractivity contribution in [1.82, 2.24) is 10.2 Å². The molecule has 1 saturated heterocycles. The van der Waals surface area contributed by atoms with Crippen LogP contribution in [0.3, 0.4) is 0 Å². The average molecular weight is 502 g/mol. The fraction of sp³-hybridized carbons (Fsp3) is 0.227. The first-order chi connectivity index (χ1) is 15.0. The van der Waals surface area contributed by atoms with Crippen LogP contribution in [0.25, 0.3) is 0 Å². The zero-order chi connectivity index (χ0) is 22.0. The largest absolute Gasteiger partial charge is 0.448 e. The van der Waals surface area contributed by atoms with Gasteiger partial charge < -0.3 is 10.1 Å². The number of hydrogen-bond acceptors (Lipinski definition) is 6. The number of alkyl halides is 1. The number of nitrogens with two attached hydrogens (primary N) is 1. The van der Waals surface area contributed by atoms with E-state index in [2.05, 4.69) is 21.2 Å². The monoisotopic (exact) mass is 501 g/mol. The third-order valence-electron chi connectivity index (χ3n) is 5.27. The van der Waals surface area contributed by atoms with Gasteiger partial charge in [0.25, 0.3) is 5.91 Å². The van der Waals surface area contributed by atoms with Crippen molar-refractivity contribution in [3.63, 3.8) is 0 Å². The highest BCUT2D eigenvalue weighted by Crippen LogP contribution is 2.44. The lowest BCUT2D eigenvalue weighted by molar-refractivity contribution is -0.160. The van der Waals surface area contributed by atoms with Crippen molar-refractivity contribution in [2.75, 3.05) is 11.1 Å². The summed E-state index contributed by atoms with van der Waals surface area (Å²) in [5.74, 6) is -0.678. The number of halogens is 1. The lowest BCUT2D eigenvalue weighted by Gasteiger charge is -2.55. The van der Waals surface area contributed by atoms with Gasteiger partial charge in [-0.3, -0.25) is 20.2 Å². The van der Waals surface area contributed by atoms with Crippen molar-refractivity contribution in [2.24, 2.45) is 5.73 Å². The average Bonchev–Trinajstić information content (AvgIpc) is 2.82. The van der Waals surface area contributed by atoms with E-state index in [0.717, 1.165) is 16.7 Å². The van der Waals surface area contributed by atoms with Crippen molar-refractivity contribution >= 4 is 46.0 Å². The molecule has 0 bridgehead atoms. The van der Waals surface area contributed by atoms with Gasteiger partial charge in [-0.1, -0.05) is 76.6 Å². The van der Waals surface area contributed by atoms with Crippen molar-refractivity contribution in [3.8, 4) is 0 Å². The molecule has 0 aromatic heterocycles. The summed E-state index contributed by atoms with van der Waals surface area (Å²) in [4.78, 5) is 38.5. The molecule has 4 rings (SSSR count). The summed E-state index contributed by atoms with van der Waals surface area (Å²) in [7, 11) is 0. The molecule has 160 valence electrons. The van der Waals surface area contributed by atoms with Crippen LogP contribution in [0.1, 0.15) is 17.2 Å². The number of carbonyl (C=O) groups excluding carboxylic acids is 3. The molecule has 2 heterocycles. The molecule has 0 saturated carbocycles. The minimum Gasteiger partial charge on any atom is -0.448 e. The van der Waals surface area contributed by atoms with Gasteiger partial charge in [-0.25, -0.2) is 4.79 Å². The number of nitrogens with one attached hydrogen (secondary N) is 1. The van der Waals surface area contributed by atoms with Crippen LogP contribution in [-0.2, 0) is 19.1 Å². The Morgan fingerprint density at radius 3 is 2.32 bits per heavy atom. The van der Waals surface area contributed by atoms with Crippen molar-refractivity contribution in [2.45, 2.75) is 17.1 Å². The second kappa shape index (κ2) is 8.86. The van der Waals surface area contributed by atoms with Gasteiger partial charge in [0.15, 0.2) is 6.10 Å². The van der Waals surface area contributed by atoms with Crippen LogP contribution >= 0.6 is 27.7 Å². The quantitative estimate of drug-likeness (QED) is 0.198. The number of carbonyl (C=O) groups is 3. The van der Waals surface area contributed by atoms with Crippen LogP contribution in [0, 0.1) is 0 Å². The Balaban J connectivity index is 1.67. The molecular weight excluding hydrogens is 482 g/mol. The number of amides is 2. The summed E-state index contributed by atoms with van der Waals surface area (Å²) in [6, 6.07) is 18.8. The Morgan fingerprint density at radius 1 is 1.23 bits per heavy atom. The molecule has 1 fully saturated rings. The van der Waals surface area contributed by atoms with Crippen molar-refractivity contribution in [3.05, 3.63) is 83.1 Å². The molecule has 0 unspecified atom stereocenters. The number of esters is 1. The van der Waals surface area contributed by atoms with E-state index in [0.29, 0.717) is 17.5 Å². The Hall–Kier alpha value is -2.62. The minimum atomic E-state index is -1.53. The van der Waals surface area contributed by atoms with Gasteiger partial charge in [0.1, 0.15) is 11.1 Å². The van der Waals surface area contributed by atoms with E-state index in [1.807, 2.05) is 60.7 Å². The van der Waals surface area contributed by atoms with Gasteiger partial charge >= 0.3 is 5.97 Å². The van der Waals surface area contributed by atoms with Gasteiger partial charge in [-0.2, -0.15) is 0 Å². The van der Waals surface area contributed by atoms with Gasteiger partial charge in [0.05, 0.1) is 0 Å². The Labute approximate surface area is 192 Å². The number of β-lactam (4-membered cyclic amide) rings is 1. The molecule has 0 aliphatic carbocycles. The van der Waals surface area contributed by atoms with Crippen LogP contribution < -0.4 is 11.1 Å². The molecule has 2 aromatic rings. The summed E-state index contributed by atoms with van der Waals surface area (Å²) in [6.07, 6.45) is -0.239. The van der Waals surface area contributed by atoms with E-state index in [1.54, 1.807) is 0 Å². The zero-order valence-corrected chi connectivity index (χ0v) is 18.8.